The molecule has 4 rings (SSSR count). The monoisotopic (exact) mass is 528 g/mol. The van der Waals surface area contributed by atoms with Crippen LogP contribution in [0.25, 0.3) is 11.8 Å². The molecule has 1 heterocycles. The standard InChI is InChI=1S/C29H25ClN4O4/c1-19-7-9-21(10-8-19)16-27(35)24(15-20-5-3-2-4-6-20)31-28(36)14-11-22-17-23(30)12-13-26(22)34-18-25(29(37)38)32-33-34/h2-14,17-18,24H,15-16H2,1H3,(H,31,36)(H,37,38)/b14-11+/t24-/m0/s1. The van der Waals surface area contributed by atoms with Crippen LogP contribution in [0.1, 0.15) is 32.7 Å². The maximum atomic E-state index is 13.2. The van der Waals surface area contributed by atoms with Crippen molar-refractivity contribution in [2.75, 3.05) is 0 Å². The van der Waals surface area contributed by atoms with Crippen LogP contribution in [0.4, 0.5) is 0 Å². The zero-order chi connectivity index (χ0) is 27.1. The molecule has 0 fully saturated rings. The van der Waals surface area contributed by atoms with Crippen LogP contribution in [0.2, 0.25) is 5.02 Å². The summed E-state index contributed by atoms with van der Waals surface area (Å²) in [6.07, 6.45) is 4.65. The minimum absolute atomic E-state index is 0.105. The first-order chi connectivity index (χ1) is 18.3. The Balaban J connectivity index is 1.54. The Bertz CT molecular complexity index is 1480. The Morgan fingerprint density at radius 1 is 1.03 bits per heavy atom. The lowest BCUT2D eigenvalue weighted by Gasteiger charge is -2.17. The average Bonchev–Trinajstić information content (AvgIpc) is 3.40. The lowest BCUT2D eigenvalue weighted by Crippen LogP contribution is -2.42. The van der Waals surface area contributed by atoms with Gasteiger partial charge >= 0.3 is 5.97 Å². The molecule has 3 aromatic carbocycles. The molecule has 8 nitrogen and oxygen atoms in total. The number of amides is 1. The topological polar surface area (TPSA) is 114 Å². The number of aromatic carboxylic acids is 1. The van der Waals surface area contributed by atoms with Crippen LogP contribution in [0, 0.1) is 6.92 Å². The zero-order valence-corrected chi connectivity index (χ0v) is 21.3. The van der Waals surface area contributed by atoms with E-state index in [0.717, 1.165) is 16.7 Å². The van der Waals surface area contributed by atoms with Gasteiger partial charge in [0.2, 0.25) is 5.91 Å². The van der Waals surface area contributed by atoms with Gasteiger partial charge in [0, 0.05) is 23.1 Å². The number of carbonyl (C=O) groups excluding carboxylic acids is 2. The van der Waals surface area contributed by atoms with E-state index in [1.807, 2.05) is 61.5 Å². The molecular formula is C29H25ClN4O4. The number of hydrogen-bond donors (Lipinski definition) is 2. The van der Waals surface area contributed by atoms with Crippen molar-refractivity contribution in [3.05, 3.63) is 118 Å². The third-order valence-corrected chi connectivity index (χ3v) is 6.09. The number of carbonyl (C=O) groups is 3. The Morgan fingerprint density at radius 3 is 2.45 bits per heavy atom. The summed E-state index contributed by atoms with van der Waals surface area (Å²) < 4.78 is 1.29. The molecule has 192 valence electrons. The number of nitrogens with zero attached hydrogens (tertiary/aromatic N) is 3. The molecule has 0 aliphatic rings. The molecule has 1 amide bonds. The van der Waals surface area contributed by atoms with Crippen molar-refractivity contribution in [1.29, 1.82) is 0 Å². The van der Waals surface area contributed by atoms with Crippen molar-refractivity contribution >= 4 is 35.3 Å². The van der Waals surface area contributed by atoms with E-state index >= 15 is 0 Å². The fourth-order valence-corrected chi connectivity index (χ4v) is 4.04. The Kier molecular flexibility index (Phi) is 8.45. The Morgan fingerprint density at radius 2 is 1.76 bits per heavy atom. The maximum absolute atomic E-state index is 13.2. The van der Waals surface area contributed by atoms with Gasteiger partial charge in [-0.2, -0.15) is 0 Å². The molecule has 0 radical (unpaired) electrons. The van der Waals surface area contributed by atoms with Crippen molar-refractivity contribution in [2.45, 2.75) is 25.8 Å². The van der Waals surface area contributed by atoms with Gasteiger partial charge < -0.3 is 10.4 Å². The van der Waals surface area contributed by atoms with E-state index in [4.69, 9.17) is 16.7 Å². The van der Waals surface area contributed by atoms with Gasteiger partial charge in [-0.25, -0.2) is 9.48 Å². The van der Waals surface area contributed by atoms with Crippen LogP contribution >= 0.6 is 11.6 Å². The van der Waals surface area contributed by atoms with E-state index in [9.17, 15) is 14.4 Å². The number of carboxylic acids is 1. The van der Waals surface area contributed by atoms with Crippen LogP contribution in [-0.2, 0) is 22.4 Å². The molecular weight excluding hydrogens is 504 g/mol. The molecule has 0 saturated heterocycles. The highest BCUT2D eigenvalue weighted by atomic mass is 35.5. The van der Waals surface area contributed by atoms with E-state index in [0.29, 0.717) is 22.7 Å². The minimum atomic E-state index is -1.21. The minimum Gasteiger partial charge on any atom is -0.476 e. The van der Waals surface area contributed by atoms with Crippen molar-refractivity contribution < 1.29 is 19.5 Å². The first-order valence-corrected chi connectivity index (χ1v) is 12.2. The smallest absolute Gasteiger partial charge is 0.358 e. The second-order valence-corrected chi connectivity index (χ2v) is 9.21. The van der Waals surface area contributed by atoms with Gasteiger partial charge in [-0.05, 0) is 48.7 Å². The van der Waals surface area contributed by atoms with Gasteiger partial charge in [0.25, 0.3) is 0 Å². The third kappa shape index (κ3) is 7.02. The number of benzene rings is 3. The number of Topliss-reactive ketones (excluding diaryl/α,β-unsaturated/α-hetero) is 1. The molecule has 0 bridgehead atoms. The highest BCUT2D eigenvalue weighted by molar-refractivity contribution is 6.30. The second kappa shape index (κ2) is 12.1. The largest absolute Gasteiger partial charge is 0.476 e. The van der Waals surface area contributed by atoms with Gasteiger partial charge in [0.1, 0.15) is 0 Å². The van der Waals surface area contributed by atoms with Gasteiger partial charge in [-0.15, -0.1) is 5.10 Å². The summed E-state index contributed by atoms with van der Waals surface area (Å²) in [5.41, 5.74) is 3.68. The average molecular weight is 529 g/mol. The lowest BCUT2D eigenvalue weighted by atomic mass is 9.97. The highest BCUT2D eigenvalue weighted by Gasteiger charge is 2.21. The third-order valence-electron chi connectivity index (χ3n) is 5.85. The van der Waals surface area contributed by atoms with Gasteiger partial charge in [-0.1, -0.05) is 77.0 Å². The van der Waals surface area contributed by atoms with Crippen LogP contribution < -0.4 is 5.32 Å². The summed E-state index contributed by atoms with van der Waals surface area (Å²) in [7, 11) is 0. The maximum Gasteiger partial charge on any atom is 0.358 e. The number of ketones is 1. The summed E-state index contributed by atoms with van der Waals surface area (Å²) in [5, 5.41) is 19.9. The van der Waals surface area contributed by atoms with Gasteiger partial charge in [0.05, 0.1) is 17.9 Å². The number of rotatable bonds is 10. The van der Waals surface area contributed by atoms with E-state index in [1.54, 1.807) is 18.2 Å². The molecule has 4 aromatic rings. The van der Waals surface area contributed by atoms with Crippen LogP contribution in [0.3, 0.4) is 0 Å². The number of nitrogens with one attached hydrogen (secondary N) is 1. The summed E-state index contributed by atoms with van der Waals surface area (Å²) in [5.74, 6) is -1.77. The van der Waals surface area contributed by atoms with Gasteiger partial charge in [0.15, 0.2) is 11.5 Å². The fourth-order valence-electron chi connectivity index (χ4n) is 3.86. The number of aromatic nitrogens is 3. The van der Waals surface area contributed by atoms with E-state index in [1.165, 1.54) is 23.0 Å². The molecule has 1 atom stereocenters. The van der Waals surface area contributed by atoms with E-state index in [2.05, 4.69) is 15.6 Å². The number of carboxylic acid groups (broad SMARTS) is 1. The van der Waals surface area contributed by atoms with Gasteiger partial charge in [-0.3, -0.25) is 9.59 Å². The Labute approximate surface area is 224 Å². The second-order valence-electron chi connectivity index (χ2n) is 8.77. The number of halogens is 1. The molecule has 0 aliphatic carbocycles. The number of aryl methyl sites for hydroxylation is 1. The molecule has 1 aromatic heterocycles. The molecule has 0 unspecified atom stereocenters. The summed E-state index contributed by atoms with van der Waals surface area (Å²) >= 11 is 6.16. The summed E-state index contributed by atoms with van der Waals surface area (Å²) in [6, 6.07) is 21.4. The molecule has 0 aliphatic heterocycles. The first kappa shape index (κ1) is 26.5. The highest BCUT2D eigenvalue weighted by Crippen LogP contribution is 2.21. The van der Waals surface area contributed by atoms with Crippen molar-refractivity contribution in [3.8, 4) is 5.69 Å². The Hall–Kier alpha value is -4.56. The predicted octanol–water partition coefficient (Wildman–Crippen LogP) is 4.48. The molecule has 0 spiro atoms. The molecule has 38 heavy (non-hydrogen) atoms. The van der Waals surface area contributed by atoms with Crippen molar-refractivity contribution in [3.63, 3.8) is 0 Å². The van der Waals surface area contributed by atoms with Crippen molar-refractivity contribution in [2.24, 2.45) is 0 Å². The molecule has 9 heteroatoms. The quantitative estimate of drug-likeness (QED) is 0.293. The number of hydrogen-bond acceptors (Lipinski definition) is 5. The van der Waals surface area contributed by atoms with E-state index < -0.39 is 17.9 Å². The summed E-state index contributed by atoms with van der Waals surface area (Å²) in [4.78, 5) is 37.4. The molecule has 0 saturated carbocycles. The van der Waals surface area contributed by atoms with Crippen LogP contribution in [0.15, 0.2) is 85.1 Å². The molecule has 2 N–H and O–H groups in total. The van der Waals surface area contributed by atoms with Crippen molar-refractivity contribution in [1.82, 2.24) is 20.3 Å². The summed E-state index contributed by atoms with van der Waals surface area (Å²) in [6.45, 7) is 1.98. The van der Waals surface area contributed by atoms with Crippen LogP contribution in [-0.4, -0.2) is 43.8 Å². The predicted molar refractivity (Wildman–Crippen MR) is 144 cm³/mol. The van der Waals surface area contributed by atoms with Crippen LogP contribution in [0.5, 0.6) is 0 Å². The zero-order valence-electron chi connectivity index (χ0n) is 20.5. The lowest BCUT2D eigenvalue weighted by molar-refractivity contribution is -0.125. The fraction of sp³-hybridized carbons (Fsp3) is 0.138. The normalized spacial score (nSPS) is 11.8. The first-order valence-electron chi connectivity index (χ1n) is 11.8. The SMILES string of the molecule is Cc1ccc(CC(=O)[C@H](Cc2ccccc2)NC(=O)/C=C/c2cc(Cl)ccc2-n2cc(C(=O)O)nn2)cc1. The van der Waals surface area contributed by atoms with E-state index in [-0.39, 0.29) is 17.9 Å².